The Balaban J connectivity index is 0. The van der Waals surface area contributed by atoms with Gasteiger partial charge in [-0.3, -0.25) is 10.1 Å². The number of allylic oxidation sites excluding steroid dienone is 2. The summed E-state index contributed by atoms with van der Waals surface area (Å²) in [5.41, 5.74) is 0.0810. The van der Waals surface area contributed by atoms with E-state index in [2.05, 4.69) is 6.58 Å². The van der Waals surface area contributed by atoms with Gasteiger partial charge in [-0.15, -0.1) is 0 Å². The van der Waals surface area contributed by atoms with Crippen molar-refractivity contribution in [2.24, 2.45) is 0 Å². The highest BCUT2D eigenvalue weighted by molar-refractivity contribution is 5.06. The van der Waals surface area contributed by atoms with Gasteiger partial charge in [0.1, 0.15) is 0 Å². The van der Waals surface area contributed by atoms with Crippen LogP contribution in [0.3, 0.4) is 0 Å². The maximum absolute atomic E-state index is 9.99. The SMILES string of the molecule is C=C/C(=C\CC)[N+](=O)[O-].CC. The van der Waals surface area contributed by atoms with Crippen molar-refractivity contribution < 1.29 is 4.92 Å². The van der Waals surface area contributed by atoms with Crippen LogP contribution < -0.4 is 0 Å². The van der Waals surface area contributed by atoms with Gasteiger partial charge in [0.25, 0.3) is 5.70 Å². The summed E-state index contributed by atoms with van der Waals surface area (Å²) in [4.78, 5) is 9.54. The zero-order valence-electron chi connectivity index (χ0n) is 7.33. The molecule has 0 heterocycles. The van der Waals surface area contributed by atoms with Crippen molar-refractivity contribution in [3.8, 4) is 0 Å². The average Bonchev–Trinajstić information content (AvgIpc) is 2.03. The third-order valence-corrected chi connectivity index (χ3v) is 0.833. The van der Waals surface area contributed by atoms with Crippen molar-refractivity contribution in [3.05, 3.63) is 34.5 Å². The van der Waals surface area contributed by atoms with E-state index in [0.717, 1.165) is 0 Å². The molecule has 0 radical (unpaired) electrons. The standard InChI is InChI=1S/C6H9NO2.C2H6/c1-3-5-6(4-2)7(8)9;1-2/h4-5H,2-3H2,1H3;1-2H3/b6-5+;. The second-order valence-corrected chi connectivity index (χ2v) is 1.50. The van der Waals surface area contributed by atoms with E-state index < -0.39 is 4.92 Å². The van der Waals surface area contributed by atoms with Crippen molar-refractivity contribution in [1.29, 1.82) is 0 Å². The first kappa shape index (κ1) is 12.5. The second kappa shape index (κ2) is 8.88. The van der Waals surface area contributed by atoms with Crippen LogP contribution in [-0.4, -0.2) is 4.92 Å². The summed E-state index contributed by atoms with van der Waals surface area (Å²) >= 11 is 0. The van der Waals surface area contributed by atoms with Crippen molar-refractivity contribution >= 4 is 0 Å². The summed E-state index contributed by atoms with van der Waals surface area (Å²) in [5.74, 6) is 0. The van der Waals surface area contributed by atoms with E-state index in [4.69, 9.17) is 0 Å². The highest BCUT2D eigenvalue weighted by atomic mass is 16.6. The van der Waals surface area contributed by atoms with Crippen LogP contribution in [0.25, 0.3) is 0 Å². The number of nitro groups is 1. The smallest absolute Gasteiger partial charge is 0.258 e. The van der Waals surface area contributed by atoms with Crippen LogP contribution in [0.5, 0.6) is 0 Å². The van der Waals surface area contributed by atoms with Crippen LogP contribution in [0.15, 0.2) is 24.4 Å². The first-order valence-corrected chi connectivity index (χ1v) is 3.69. The van der Waals surface area contributed by atoms with Crippen LogP contribution in [0.4, 0.5) is 0 Å². The minimum atomic E-state index is -0.448. The molecule has 0 rings (SSSR count). The predicted octanol–water partition coefficient (Wildman–Crippen LogP) is 2.77. The van der Waals surface area contributed by atoms with Gasteiger partial charge in [-0.25, -0.2) is 0 Å². The Morgan fingerprint density at radius 2 is 2.09 bits per heavy atom. The number of rotatable bonds is 3. The largest absolute Gasteiger partial charge is 0.264 e. The van der Waals surface area contributed by atoms with Crippen molar-refractivity contribution in [2.45, 2.75) is 27.2 Å². The first-order chi connectivity index (χ1) is 5.22. The van der Waals surface area contributed by atoms with E-state index in [9.17, 15) is 10.1 Å². The molecule has 0 aromatic carbocycles. The molecule has 64 valence electrons. The monoisotopic (exact) mass is 157 g/mol. The number of hydrogen-bond acceptors (Lipinski definition) is 2. The van der Waals surface area contributed by atoms with Crippen molar-refractivity contribution in [1.82, 2.24) is 0 Å². The van der Waals surface area contributed by atoms with Gasteiger partial charge < -0.3 is 0 Å². The first-order valence-electron chi connectivity index (χ1n) is 3.69. The van der Waals surface area contributed by atoms with Gasteiger partial charge in [0.05, 0.1) is 4.92 Å². The van der Waals surface area contributed by atoms with E-state index in [-0.39, 0.29) is 5.70 Å². The zero-order valence-corrected chi connectivity index (χ0v) is 7.33. The van der Waals surface area contributed by atoms with E-state index in [1.807, 2.05) is 20.8 Å². The molecule has 0 N–H and O–H groups in total. The number of hydrogen-bond donors (Lipinski definition) is 0. The molecular formula is C8H15NO2. The van der Waals surface area contributed by atoms with Crippen LogP contribution in [0, 0.1) is 10.1 Å². The molecule has 0 saturated carbocycles. The van der Waals surface area contributed by atoms with Gasteiger partial charge in [0, 0.05) is 6.08 Å². The third kappa shape index (κ3) is 6.77. The fourth-order valence-corrected chi connectivity index (χ4v) is 0.442. The molecule has 0 amide bonds. The topological polar surface area (TPSA) is 43.1 Å². The fraction of sp³-hybridized carbons (Fsp3) is 0.500. The van der Waals surface area contributed by atoms with Gasteiger partial charge >= 0.3 is 0 Å². The quantitative estimate of drug-likeness (QED) is 0.359. The molecule has 3 nitrogen and oxygen atoms in total. The molecule has 0 saturated heterocycles. The minimum absolute atomic E-state index is 0.0810. The molecule has 0 aliphatic rings. The molecule has 0 aromatic rings. The highest BCUT2D eigenvalue weighted by Gasteiger charge is 2.00. The summed E-state index contributed by atoms with van der Waals surface area (Å²) in [5, 5.41) is 9.99. The maximum atomic E-state index is 9.99. The lowest BCUT2D eigenvalue weighted by molar-refractivity contribution is -0.419. The predicted molar refractivity (Wildman–Crippen MR) is 46.9 cm³/mol. The summed E-state index contributed by atoms with van der Waals surface area (Å²) < 4.78 is 0. The molecule has 0 aromatic heterocycles. The van der Waals surface area contributed by atoms with E-state index in [1.54, 1.807) is 0 Å². The van der Waals surface area contributed by atoms with Gasteiger partial charge in [0.15, 0.2) is 0 Å². The molecule has 0 unspecified atom stereocenters. The maximum Gasteiger partial charge on any atom is 0.264 e. The van der Waals surface area contributed by atoms with Crippen LogP contribution in [-0.2, 0) is 0 Å². The van der Waals surface area contributed by atoms with E-state index in [1.165, 1.54) is 12.2 Å². The van der Waals surface area contributed by atoms with Gasteiger partial charge in [-0.2, -0.15) is 0 Å². The minimum Gasteiger partial charge on any atom is -0.258 e. The second-order valence-electron chi connectivity index (χ2n) is 1.50. The van der Waals surface area contributed by atoms with Crippen LogP contribution >= 0.6 is 0 Å². The molecular weight excluding hydrogens is 142 g/mol. The van der Waals surface area contributed by atoms with Crippen molar-refractivity contribution in [3.63, 3.8) is 0 Å². The van der Waals surface area contributed by atoms with E-state index >= 15 is 0 Å². The molecule has 0 spiro atoms. The molecule has 0 bridgehead atoms. The summed E-state index contributed by atoms with van der Waals surface area (Å²) in [6.45, 7) is 9.13. The van der Waals surface area contributed by atoms with E-state index in [0.29, 0.717) is 6.42 Å². The Bertz CT molecular complexity index is 150. The number of nitrogens with zero attached hydrogens (tertiary/aromatic N) is 1. The Morgan fingerprint density at radius 1 is 1.64 bits per heavy atom. The van der Waals surface area contributed by atoms with Gasteiger partial charge in [-0.1, -0.05) is 27.4 Å². The molecule has 3 heteroatoms. The Kier molecular flexibility index (Phi) is 10.1. The third-order valence-electron chi connectivity index (χ3n) is 0.833. The highest BCUT2D eigenvalue weighted by Crippen LogP contribution is 1.96. The zero-order chi connectivity index (χ0) is 9.28. The summed E-state index contributed by atoms with van der Waals surface area (Å²) in [7, 11) is 0. The van der Waals surface area contributed by atoms with Crippen LogP contribution in [0.2, 0.25) is 0 Å². The fourth-order valence-electron chi connectivity index (χ4n) is 0.442. The summed E-state index contributed by atoms with van der Waals surface area (Å²) in [6.07, 6.45) is 3.43. The van der Waals surface area contributed by atoms with Gasteiger partial charge in [0.2, 0.25) is 0 Å². The molecule has 0 aliphatic heterocycles. The molecule has 0 fully saturated rings. The van der Waals surface area contributed by atoms with Crippen molar-refractivity contribution in [2.75, 3.05) is 0 Å². The lowest BCUT2D eigenvalue weighted by Crippen LogP contribution is -1.93. The Labute approximate surface area is 67.6 Å². The Morgan fingerprint density at radius 3 is 2.18 bits per heavy atom. The molecule has 0 atom stereocenters. The Hall–Kier alpha value is -1.12. The molecule has 11 heavy (non-hydrogen) atoms. The normalized spacial score (nSPS) is 9.55. The van der Waals surface area contributed by atoms with Gasteiger partial charge in [-0.05, 0) is 12.5 Å². The van der Waals surface area contributed by atoms with Crippen LogP contribution in [0.1, 0.15) is 27.2 Å². The molecule has 0 aliphatic carbocycles. The lowest BCUT2D eigenvalue weighted by Gasteiger charge is -1.86. The lowest BCUT2D eigenvalue weighted by atomic mass is 10.3. The summed E-state index contributed by atoms with van der Waals surface area (Å²) in [6, 6.07) is 0. The average molecular weight is 157 g/mol.